The van der Waals surface area contributed by atoms with Gasteiger partial charge < -0.3 is 14.7 Å². The number of rotatable bonds is 0. The van der Waals surface area contributed by atoms with Crippen molar-refractivity contribution in [1.82, 2.24) is 0 Å². The maximum Gasteiger partial charge on any atom is 0 e. The van der Waals surface area contributed by atoms with Crippen molar-refractivity contribution in [3.8, 4) is 0 Å². The van der Waals surface area contributed by atoms with Crippen LogP contribution in [0.15, 0.2) is 0 Å². The van der Waals surface area contributed by atoms with Gasteiger partial charge in [0.25, 0.3) is 0 Å². The summed E-state index contributed by atoms with van der Waals surface area (Å²) in [4.78, 5) is 21.6. The van der Waals surface area contributed by atoms with E-state index in [0.29, 0.717) is 0 Å². The van der Waals surface area contributed by atoms with Gasteiger partial charge in [0, 0.05) is 48.6 Å². The summed E-state index contributed by atoms with van der Waals surface area (Å²) in [6, 6.07) is 0. The second-order valence-electron chi connectivity index (χ2n) is 0.513. The van der Waals surface area contributed by atoms with Crippen molar-refractivity contribution in [3.63, 3.8) is 0 Å². The van der Waals surface area contributed by atoms with Crippen LogP contribution in [0.3, 0.4) is 0 Å². The van der Waals surface area contributed by atoms with Gasteiger partial charge in [0.15, 0.2) is 0 Å². The van der Waals surface area contributed by atoms with Gasteiger partial charge in [-0.25, -0.2) is 4.57 Å². The average Bonchev–Trinajstić information content (AvgIpc) is 0.722. The summed E-state index contributed by atoms with van der Waals surface area (Å²) in [5, 5.41) is 0. The van der Waals surface area contributed by atoms with Crippen LogP contribution >= 0.6 is 7.82 Å². The molecule has 0 aliphatic rings. The van der Waals surface area contributed by atoms with Crippen LogP contribution < -0.4 is 0 Å². The predicted molar refractivity (Wildman–Crippen MR) is 22.5 cm³/mol. The van der Waals surface area contributed by atoms with Crippen LogP contribution in [0.4, 0.5) is 0 Å². The van der Waals surface area contributed by atoms with Gasteiger partial charge in [-0.05, 0) is 0 Å². The molecule has 0 saturated carbocycles. The Morgan fingerprint density at radius 3 is 1.25 bits per heavy atom. The van der Waals surface area contributed by atoms with E-state index in [9.17, 15) is 0 Å². The third-order valence-electron chi connectivity index (χ3n) is 0. The first-order valence-electron chi connectivity index (χ1n) is 0.783. The first kappa shape index (κ1) is 22.4. The molecule has 0 aromatic carbocycles. The summed E-state index contributed by atoms with van der Waals surface area (Å²) in [5.74, 6) is 0. The molecule has 0 saturated heterocycles. The summed E-state index contributed by atoms with van der Waals surface area (Å²) >= 11 is 0. The molecular weight excluding hydrogens is 317 g/mol. The molecule has 0 heterocycles. The molecule has 8 heavy (non-hydrogen) atoms. The third-order valence-corrected chi connectivity index (χ3v) is 0. The van der Waals surface area contributed by atoms with Crippen LogP contribution in [-0.2, 0) is 53.1 Å². The van der Waals surface area contributed by atoms with E-state index in [4.69, 9.17) is 19.2 Å². The molecule has 1 radical (unpaired) electrons. The van der Waals surface area contributed by atoms with E-state index in [1.54, 1.807) is 0 Å². The largest absolute Gasteiger partial charge is 0 e. The summed E-state index contributed by atoms with van der Waals surface area (Å²) < 4.78 is 8.88. The van der Waals surface area contributed by atoms with E-state index in [2.05, 4.69) is 0 Å². The van der Waals surface area contributed by atoms with Crippen LogP contribution in [0, 0.1) is 0 Å². The molecule has 0 amide bonds. The predicted octanol–water partition coefficient (Wildman–Crippen LogP) is -1.47. The molecule has 8 heteroatoms. The monoisotopic (exact) mass is 320 g/mol. The van der Waals surface area contributed by atoms with Gasteiger partial charge in [0.05, 0.1) is 0 Å². The zero-order valence-electron chi connectivity index (χ0n) is 4.00. The maximum atomic E-state index is 8.88. The van der Waals surface area contributed by atoms with Crippen LogP contribution in [0.2, 0.25) is 0 Å². The van der Waals surface area contributed by atoms with Crippen molar-refractivity contribution < 1.29 is 69.3 Å². The Hall–Kier alpha value is 2.73. The molecule has 0 bridgehead atoms. The van der Waals surface area contributed by atoms with Crippen molar-refractivity contribution >= 4 is 37.4 Å². The Bertz CT molecular complexity index is 66.7. The smallest absolute Gasteiger partial charge is 0 e. The zero-order chi connectivity index (χ0) is 4.50. The minimum Gasteiger partial charge on any atom is 0 e. The number of hydrogen-bond acceptors (Lipinski definition) is 1. The molecule has 0 aromatic heterocycles. The first-order chi connectivity index (χ1) is 2.00. The van der Waals surface area contributed by atoms with E-state index in [-0.39, 0.29) is 79.6 Å². The molecule has 3 N–H and O–H groups in total. The van der Waals surface area contributed by atoms with Gasteiger partial charge in [0.2, 0.25) is 0 Å². The normalized spacial score (nSPS) is 7.38. The Balaban J connectivity index is -0.0000000133. The Morgan fingerprint density at radius 2 is 1.25 bits per heavy atom. The van der Waals surface area contributed by atoms with Crippen molar-refractivity contribution in [2.24, 2.45) is 0 Å². The van der Waals surface area contributed by atoms with Gasteiger partial charge in [-0.15, -0.1) is 0 Å². The number of phosphoric acid groups is 1. The van der Waals surface area contributed by atoms with Gasteiger partial charge in [-0.3, -0.25) is 0 Å². The SMILES string of the molecule is O=P(O)(O)O.[Ag].[H+].[NaH].[Zr]. The van der Waals surface area contributed by atoms with Crippen molar-refractivity contribution in [2.45, 2.75) is 0 Å². The molecule has 4 nitrogen and oxygen atoms in total. The summed E-state index contributed by atoms with van der Waals surface area (Å²) in [6.07, 6.45) is 0. The van der Waals surface area contributed by atoms with E-state index in [0.717, 1.165) is 0 Å². The molecule has 49 valence electrons. The second-order valence-corrected chi connectivity index (χ2v) is 1.54. The maximum absolute atomic E-state index is 8.88. The fraction of sp³-hybridized carbons (Fsp3) is 0. The van der Waals surface area contributed by atoms with Gasteiger partial charge >= 0.3 is 38.8 Å². The standard InChI is InChI=1S/Ag.Na.H3O4P.Zr.H/c;;1-5(2,3)4;;/h;;(H3,1,2,3,4);;/p+1. The van der Waals surface area contributed by atoms with E-state index in [1.807, 2.05) is 0 Å². The first-order valence-corrected chi connectivity index (χ1v) is 2.35. The summed E-state index contributed by atoms with van der Waals surface area (Å²) in [7, 11) is -4.64. The van der Waals surface area contributed by atoms with Gasteiger partial charge in [-0.1, -0.05) is 0 Å². The minimum absolute atomic E-state index is 0. The van der Waals surface area contributed by atoms with Crippen molar-refractivity contribution in [3.05, 3.63) is 0 Å². The summed E-state index contributed by atoms with van der Waals surface area (Å²) in [6.45, 7) is 0. The van der Waals surface area contributed by atoms with E-state index < -0.39 is 7.82 Å². The molecule has 0 aliphatic heterocycles. The number of hydrogen-bond donors (Lipinski definition) is 3. The van der Waals surface area contributed by atoms with E-state index >= 15 is 0 Å². The van der Waals surface area contributed by atoms with Gasteiger partial charge in [0.1, 0.15) is 0 Å². The van der Waals surface area contributed by atoms with Crippen molar-refractivity contribution in [1.29, 1.82) is 0 Å². The molecule has 0 aliphatic carbocycles. The van der Waals surface area contributed by atoms with Crippen molar-refractivity contribution in [2.75, 3.05) is 0 Å². The Morgan fingerprint density at radius 1 is 1.25 bits per heavy atom. The molecule has 0 fully saturated rings. The third kappa shape index (κ3) is 69.9. The zero-order valence-corrected chi connectivity index (χ0v) is 7.83. The minimum atomic E-state index is -4.64. The fourth-order valence-corrected chi connectivity index (χ4v) is 0. The molecule has 0 spiro atoms. The quantitative estimate of drug-likeness (QED) is 0.376. The molecule has 0 atom stereocenters. The fourth-order valence-electron chi connectivity index (χ4n) is 0. The van der Waals surface area contributed by atoms with Crippen LogP contribution in [0.25, 0.3) is 0 Å². The molecule has 0 unspecified atom stereocenters. The average molecular weight is 322 g/mol. The molecular formula is H5AgNaO4PZr+. The van der Waals surface area contributed by atoms with E-state index in [1.165, 1.54) is 0 Å². The molecule has 0 aromatic rings. The van der Waals surface area contributed by atoms with Crippen LogP contribution in [0.5, 0.6) is 0 Å². The van der Waals surface area contributed by atoms with Crippen LogP contribution in [0.1, 0.15) is 1.43 Å². The summed E-state index contributed by atoms with van der Waals surface area (Å²) in [5.41, 5.74) is 0. The topological polar surface area (TPSA) is 77.8 Å². The molecule has 0 rings (SSSR count). The van der Waals surface area contributed by atoms with Crippen LogP contribution in [-0.4, -0.2) is 44.2 Å². The second kappa shape index (κ2) is 9.73. The Kier molecular flexibility index (Phi) is 27.3. The van der Waals surface area contributed by atoms with Gasteiger partial charge in [-0.2, -0.15) is 0 Å². The Labute approximate surface area is 105 Å².